The van der Waals surface area contributed by atoms with Crippen molar-refractivity contribution in [3.8, 4) is 28.5 Å². The SMILES string of the molecule is Cc1cccc(C)c1-n1c(C)cs/c1=N\C(=O)NC(C)CCCc1ccc(-c2ncn(-c3ccc(OC(F)(F)F)cc3)n2)cc1. The fraction of sp³-hybridized carbons (Fsp3) is 0.273. The van der Waals surface area contributed by atoms with E-state index in [-0.39, 0.29) is 17.8 Å². The van der Waals surface area contributed by atoms with Crippen molar-refractivity contribution in [3.05, 3.63) is 106 Å². The minimum atomic E-state index is -4.74. The Balaban J connectivity index is 1.13. The molecule has 3 aromatic carbocycles. The topological polar surface area (TPSA) is 86.3 Å². The van der Waals surface area contributed by atoms with Crippen molar-refractivity contribution >= 4 is 17.4 Å². The monoisotopic (exact) mass is 634 g/mol. The van der Waals surface area contributed by atoms with Gasteiger partial charge in [0.1, 0.15) is 12.1 Å². The first-order valence-corrected chi connectivity index (χ1v) is 15.3. The van der Waals surface area contributed by atoms with Gasteiger partial charge in [-0.2, -0.15) is 4.99 Å². The molecule has 0 saturated carbocycles. The molecule has 8 nitrogen and oxygen atoms in total. The number of hydrogen-bond donors (Lipinski definition) is 1. The summed E-state index contributed by atoms with van der Waals surface area (Å²) in [4.78, 5) is 22.2. The second-order valence-electron chi connectivity index (χ2n) is 10.8. The molecule has 2 amide bonds. The van der Waals surface area contributed by atoms with Crippen molar-refractivity contribution in [3.63, 3.8) is 0 Å². The van der Waals surface area contributed by atoms with Crippen LogP contribution in [0, 0.1) is 20.8 Å². The van der Waals surface area contributed by atoms with Crippen LogP contribution < -0.4 is 14.9 Å². The van der Waals surface area contributed by atoms with Crippen molar-refractivity contribution in [2.45, 2.75) is 59.4 Å². The van der Waals surface area contributed by atoms with Crippen molar-refractivity contribution in [2.75, 3.05) is 0 Å². The molecule has 0 radical (unpaired) electrons. The number of carbonyl (C=O) groups is 1. The van der Waals surface area contributed by atoms with Crippen LogP contribution in [0.15, 0.2) is 83.4 Å². The summed E-state index contributed by atoms with van der Waals surface area (Å²) in [6.07, 6.45) is -0.728. The number of para-hydroxylation sites is 1. The normalized spacial score (nSPS) is 12.7. The lowest BCUT2D eigenvalue weighted by molar-refractivity contribution is -0.274. The Hall–Kier alpha value is -4.71. The first kappa shape index (κ1) is 31.7. The van der Waals surface area contributed by atoms with Crippen molar-refractivity contribution in [1.29, 1.82) is 0 Å². The van der Waals surface area contributed by atoms with Gasteiger partial charge in [0, 0.05) is 22.7 Å². The number of rotatable bonds is 9. The highest BCUT2D eigenvalue weighted by Crippen LogP contribution is 2.24. The lowest BCUT2D eigenvalue weighted by Crippen LogP contribution is -2.32. The fourth-order valence-electron chi connectivity index (χ4n) is 5.06. The number of alkyl halides is 3. The molecule has 1 atom stereocenters. The van der Waals surface area contributed by atoms with Gasteiger partial charge in [-0.3, -0.25) is 4.57 Å². The minimum absolute atomic E-state index is 0.0440. The van der Waals surface area contributed by atoms with Crippen molar-refractivity contribution in [2.24, 2.45) is 4.99 Å². The molecule has 0 aliphatic rings. The number of aryl methyl sites for hydroxylation is 4. The zero-order valence-corrected chi connectivity index (χ0v) is 26.1. The number of nitrogens with one attached hydrogen (secondary N) is 1. The molecule has 45 heavy (non-hydrogen) atoms. The van der Waals surface area contributed by atoms with Gasteiger partial charge >= 0.3 is 12.4 Å². The number of thiazole rings is 1. The maximum absolute atomic E-state index is 12.8. The Morgan fingerprint density at radius 1 is 1.02 bits per heavy atom. The predicted molar refractivity (Wildman–Crippen MR) is 168 cm³/mol. The summed E-state index contributed by atoms with van der Waals surface area (Å²) in [5.74, 6) is 0.196. The van der Waals surface area contributed by atoms with Gasteiger partial charge in [0.25, 0.3) is 0 Å². The van der Waals surface area contributed by atoms with Gasteiger partial charge in [-0.1, -0.05) is 42.5 Å². The van der Waals surface area contributed by atoms with Crippen LogP contribution >= 0.6 is 11.3 Å². The Morgan fingerprint density at radius 2 is 1.71 bits per heavy atom. The number of urea groups is 1. The Labute approximate surface area is 262 Å². The molecule has 2 heterocycles. The molecule has 0 bridgehead atoms. The zero-order chi connectivity index (χ0) is 32.1. The highest BCUT2D eigenvalue weighted by atomic mass is 32.1. The van der Waals surface area contributed by atoms with E-state index in [4.69, 9.17) is 0 Å². The number of hydrogen-bond acceptors (Lipinski definition) is 5. The third-order valence-electron chi connectivity index (χ3n) is 7.25. The highest BCUT2D eigenvalue weighted by Gasteiger charge is 2.31. The van der Waals surface area contributed by atoms with E-state index < -0.39 is 6.36 Å². The van der Waals surface area contributed by atoms with Crippen LogP contribution in [-0.4, -0.2) is 37.8 Å². The van der Waals surface area contributed by atoms with Crippen LogP contribution in [-0.2, 0) is 6.42 Å². The van der Waals surface area contributed by atoms with Gasteiger partial charge in [0.05, 0.1) is 11.4 Å². The molecule has 0 saturated heterocycles. The van der Waals surface area contributed by atoms with Crippen LogP contribution in [0.25, 0.3) is 22.8 Å². The number of amides is 2. The number of halogens is 3. The maximum Gasteiger partial charge on any atom is 0.573 e. The van der Waals surface area contributed by atoms with Crippen molar-refractivity contribution in [1.82, 2.24) is 24.6 Å². The molecule has 0 aliphatic heterocycles. The molecule has 0 fully saturated rings. The number of nitrogens with zero attached hydrogens (tertiary/aromatic N) is 5. The molecular weight excluding hydrogens is 601 g/mol. The van der Waals surface area contributed by atoms with E-state index in [9.17, 15) is 18.0 Å². The summed E-state index contributed by atoms with van der Waals surface area (Å²) in [5.41, 5.74) is 6.85. The molecule has 0 aliphatic carbocycles. The summed E-state index contributed by atoms with van der Waals surface area (Å²) in [5, 5.41) is 9.46. The summed E-state index contributed by atoms with van der Waals surface area (Å²) in [7, 11) is 0. The van der Waals surface area contributed by atoms with Gasteiger partial charge in [0.2, 0.25) is 0 Å². The summed E-state index contributed by atoms with van der Waals surface area (Å²) in [6, 6.07) is 19.1. The number of ether oxygens (including phenoxy) is 1. The minimum Gasteiger partial charge on any atom is -0.406 e. The fourth-order valence-corrected chi connectivity index (χ4v) is 5.91. The van der Waals surface area contributed by atoms with Gasteiger partial charge < -0.3 is 10.1 Å². The van der Waals surface area contributed by atoms with E-state index in [2.05, 4.69) is 51.1 Å². The molecule has 234 valence electrons. The molecule has 2 aromatic heterocycles. The second kappa shape index (κ2) is 13.5. The number of carbonyl (C=O) groups excluding carboxylic acids is 1. The highest BCUT2D eigenvalue weighted by molar-refractivity contribution is 7.07. The van der Waals surface area contributed by atoms with Gasteiger partial charge in [-0.15, -0.1) is 29.6 Å². The average Bonchev–Trinajstić information content (AvgIpc) is 3.61. The van der Waals surface area contributed by atoms with Crippen molar-refractivity contribution < 1.29 is 22.7 Å². The zero-order valence-electron chi connectivity index (χ0n) is 25.3. The Bertz CT molecular complexity index is 1820. The van der Waals surface area contributed by atoms with Crippen LogP contribution in [0.3, 0.4) is 0 Å². The molecule has 5 rings (SSSR count). The molecule has 1 unspecified atom stereocenters. The van der Waals surface area contributed by atoms with Gasteiger partial charge in [-0.25, -0.2) is 14.5 Å². The molecule has 12 heteroatoms. The third kappa shape index (κ3) is 8.07. The summed E-state index contributed by atoms with van der Waals surface area (Å²) in [6.45, 7) is 8.11. The quantitative estimate of drug-likeness (QED) is 0.181. The smallest absolute Gasteiger partial charge is 0.406 e. The summed E-state index contributed by atoms with van der Waals surface area (Å²) >= 11 is 1.45. The van der Waals surface area contributed by atoms with Gasteiger partial charge in [-0.05, 0) is 87.9 Å². The van der Waals surface area contributed by atoms with Crippen LogP contribution in [0.5, 0.6) is 5.75 Å². The average molecular weight is 635 g/mol. The largest absolute Gasteiger partial charge is 0.573 e. The van der Waals surface area contributed by atoms with E-state index in [1.165, 1.54) is 46.6 Å². The van der Waals surface area contributed by atoms with Crippen LogP contribution in [0.1, 0.15) is 42.1 Å². The predicted octanol–water partition coefficient (Wildman–Crippen LogP) is 7.63. The maximum atomic E-state index is 12.8. The van der Waals surface area contributed by atoms with E-state index in [0.717, 1.165) is 52.9 Å². The molecule has 0 spiro atoms. The number of aromatic nitrogens is 4. The van der Waals surface area contributed by atoms with E-state index in [0.29, 0.717) is 16.3 Å². The Morgan fingerprint density at radius 3 is 2.38 bits per heavy atom. The molecule has 1 N–H and O–H groups in total. The molecule has 5 aromatic rings. The third-order valence-corrected chi connectivity index (χ3v) is 8.19. The van der Waals surface area contributed by atoms with E-state index in [1.54, 1.807) is 0 Å². The second-order valence-corrected chi connectivity index (χ2v) is 11.7. The number of benzene rings is 3. The lowest BCUT2D eigenvalue weighted by Gasteiger charge is -2.14. The van der Waals surface area contributed by atoms with Crippen LogP contribution in [0.4, 0.5) is 18.0 Å². The van der Waals surface area contributed by atoms with Gasteiger partial charge in [0.15, 0.2) is 10.6 Å². The standard InChI is InChI=1S/C33H33F3N6O2S/c1-21-7-5-8-22(2)29(21)42-24(4)19-45-32(42)39-31(43)38-23(3)9-6-10-25-11-13-26(14-12-25)30-37-20-41(40-30)27-15-17-28(18-16-27)44-33(34,35)36/h5,7-8,11-20,23H,6,9-10H2,1-4H3,(H,38,43)/b39-32-. The first-order valence-electron chi connectivity index (χ1n) is 14.4. The van der Waals surface area contributed by atoms with E-state index >= 15 is 0 Å². The summed E-state index contributed by atoms with van der Waals surface area (Å²) < 4.78 is 44.7. The Kier molecular flexibility index (Phi) is 9.52. The van der Waals surface area contributed by atoms with Crippen LogP contribution in [0.2, 0.25) is 0 Å². The lowest BCUT2D eigenvalue weighted by atomic mass is 10.0. The first-order chi connectivity index (χ1) is 21.5. The van der Waals surface area contributed by atoms with E-state index in [1.807, 2.05) is 54.1 Å². The molecular formula is C33H33F3N6O2S.